The summed E-state index contributed by atoms with van der Waals surface area (Å²) in [5.41, 5.74) is 3.04. The SMILES string of the molecule is CNCCC[C@@]1(c2ccc(Cl)cc2)OC(C)(C)c2ccccc21. The van der Waals surface area contributed by atoms with Gasteiger partial charge in [-0.15, -0.1) is 0 Å². The Bertz CT molecular complexity index is 680. The van der Waals surface area contributed by atoms with Crippen LogP contribution < -0.4 is 5.32 Å². The van der Waals surface area contributed by atoms with Crippen molar-refractivity contribution in [3.63, 3.8) is 0 Å². The molecule has 1 aliphatic heterocycles. The molecule has 0 fully saturated rings. The molecule has 122 valence electrons. The van der Waals surface area contributed by atoms with E-state index in [1.54, 1.807) is 0 Å². The molecule has 0 radical (unpaired) electrons. The van der Waals surface area contributed by atoms with E-state index in [0.717, 1.165) is 24.4 Å². The second kappa shape index (κ2) is 6.27. The van der Waals surface area contributed by atoms with Crippen molar-refractivity contribution in [2.45, 2.75) is 37.9 Å². The predicted molar refractivity (Wildman–Crippen MR) is 95.9 cm³/mol. The van der Waals surface area contributed by atoms with E-state index >= 15 is 0 Å². The number of halogens is 1. The number of benzene rings is 2. The van der Waals surface area contributed by atoms with Gasteiger partial charge in [-0.1, -0.05) is 48.0 Å². The van der Waals surface area contributed by atoms with Crippen molar-refractivity contribution in [2.75, 3.05) is 13.6 Å². The predicted octanol–water partition coefficient (Wildman–Crippen LogP) is 4.85. The highest BCUT2D eigenvalue weighted by Crippen LogP contribution is 2.52. The van der Waals surface area contributed by atoms with Crippen molar-refractivity contribution in [2.24, 2.45) is 0 Å². The fourth-order valence-electron chi connectivity index (χ4n) is 3.68. The molecule has 2 nitrogen and oxygen atoms in total. The molecule has 1 aliphatic rings. The number of nitrogens with one attached hydrogen (secondary N) is 1. The summed E-state index contributed by atoms with van der Waals surface area (Å²) in [6.07, 6.45) is 1.99. The summed E-state index contributed by atoms with van der Waals surface area (Å²) in [7, 11) is 1.99. The molecule has 0 saturated heterocycles. The zero-order valence-corrected chi connectivity index (χ0v) is 14.8. The first-order valence-corrected chi connectivity index (χ1v) is 8.58. The van der Waals surface area contributed by atoms with Gasteiger partial charge in [0.25, 0.3) is 0 Å². The van der Waals surface area contributed by atoms with Crippen molar-refractivity contribution < 1.29 is 4.74 Å². The van der Waals surface area contributed by atoms with Gasteiger partial charge in [-0.05, 0) is 69.1 Å². The second-order valence-corrected chi connectivity index (χ2v) is 7.14. The van der Waals surface area contributed by atoms with Gasteiger partial charge in [-0.3, -0.25) is 0 Å². The average molecular weight is 330 g/mol. The molecule has 0 aromatic heterocycles. The van der Waals surface area contributed by atoms with E-state index in [0.29, 0.717) is 0 Å². The maximum atomic E-state index is 6.71. The van der Waals surface area contributed by atoms with E-state index in [1.165, 1.54) is 16.7 Å². The highest BCUT2D eigenvalue weighted by molar-refractivity contribution is 6.30. The monoisotopic (exact) mass is 329 g/mol. The Balaban J connectivity index is 2.12. The van der Waals surface area contributed by atoms with Crippen LogP contribution in [0.25, 0.3) is 0 Å². The quantitative estimate of drug-likeness (QED) is 0.792. The minimum Gasteiger partial charge on any atom is -0.355 e. The largest absolute Gasteiger partial charge is 0.355 e. The Hall–Kier alpha value is -1.35. The van der Waals surface area contributed by atoms with Crippen LogP contribution in [0.4, 0.5) is 0 Å². The van der Waals surface area contributed by atoms with Gasteiger partial charge in [0.15, 0.2) is 0 Å². The normalized spacial score (nSPS) is 22.1. The van der Waals surface area contributed by atoms with Gasteiger partial charge in [0, 0.05) is 5.02 Å². The van der Waals surface area contributed by atoms with Crippen molar-refractivity contribution in [1.82, 2.24) is 5.32 Å². The van der Waals surface area contributed by atoms with Gasteiger partial charge in [0.1, 0.15) is 5.60 Å². The first kappa shape index (κ1) is 16.5. The van der Waals surface area contributed by atoms with Gasteiger partial charge in [0.05, 0.1) is 5.60 Å². The highest BCUT2D eigenvalue weighted by atomic mass is 35.5. The first-order chi connectivity index (χ1) is 11.0. The summed E-state index contributed by atoms with van der Waals surface area (Å²) in [5.74, 6) is 0. The molecular formula is C20H24ClNO. The van der Waals surface area contributed by atoms with E-state index in [-0.39, 0.29) is 5.60 Å². The van der Waals surface area contributed by atoms with Gasteiger partial charge < -0.3 is 10.1 Å². The molecule has 0 aliphatic carbocycles. The van der Waals surface area contributed by atoms with Crippen molar-refractivity contribution >= 4 is 11.6 Å². The van der Waals surface area contributed by atoms with Crippen LogP contribution in [0.1, 0.15) is 43.4 Å². The van der Waals surface area contributed by atoms with Gasteiger partial charge >= 0.3 is 0 Å². The number of fused-ring (bicyclic) bond motifs is 1. The molecule has 2 aromatic rings. The third-order valence-electron chi connectivity index (χ3n) is 4.71. The number of hydrogen-bond donors (Lipinski definition) is 1. The van der Waals surface area contributed by atoms with Crippen molar-refractivity contribution in [3.05, 3.63) is 70.2 Å². The number of hydrogen-bond acceptors (Lipinski definition) is 2. The zero-order chi connectivity index (χ0) is 16.5. The molecule has 23 heavy (non-hydrogen) atoms. The lowest BCUT2D eigenvalue weighted by molar-refractivity contribution is -0.107. The van der Waals surface area contributed by atoms with Crippen LogP contribution in [0.15, 0.2) is 48.5 Å². The van der Waals surface area contributed by atoms with E-state index in [2.05, 4.69) is 55.6 Å². The molecule has 0 saturated carbocycles. The van der Waals surface area contributed by atoms with E-state index in [1.807, 2.05) is 19.2 Å². The van der Waals surface area contributed by atoms with Gasteiger partial charge in [-0.2, -0.15) is 0 Å². The second-order valence-electron chi connectivity index (χ2n) is 6.70. The molecule has 1 heterocycles. The number of ether oxygens (including phenoxy) is 1. The Morgan fingerprint density at radius 1 is 1.00 bits per heavy atom. The molecule has 0 bridgehead atoms. The van der Waals surface area contributed by atoms with Crippen LogP contribution in [-0.4, -0.2) is 13.6 Å². The summed E-state index contributed by atoms with van der Waals surface area (Å²) in [5, 5.41) is 3.99. The van der Waals surface area contributed by atoms with Crippen LogP contribution in [0.5, 0.6) is 0 Å². The minimum absolute atomic E-state index is 0.296. The zero-order valence-electron chi connectivity index (χ0n) is 14.0. The van der Waals surface area contributed by atoms with Gasteiger partial charge in [0.2, 0.25) is 0 Å². The summed E-state index contributed by atoms with van der Waals surface area (Å²) >= 11 is 6.10. The van der Waals surface area contributed by atoms with Gasteiger partial charge in [-0.25, -0.2) is 0 Å². The molecule has 0 amide bonds. The van der Waals surface area contributed by atoms with E-state index < -0.39 is 5.60 Å². The summed E-state index contributed by atoms with van der Waals surface area (Å²) in [6, 6.07) is 16.7. The molecular weight excluding hydrogens is 306 g/mol. The topological polar surface area (TPSA) is 21.3 Å². The molecule has 3 rings (SSSR count). The fraction of sp³-hybridized carbons (Fsp3) is 0.400. The average Bonchev–Trinajstić information content (AvgIpc) is 2.77. The summed E-state index contributed by atoms with van der Waals surface area (Å²) < 4.78 is 6.71. The third-order valence-corrected chi connectivity index (χ3v) is 4.96. The molecule has 2 aromatic carbocycles. The van der Waals surface area contributed by atoms with Crippen LogP contribution in [0, 0.1) is 0 Å². The lowest BCUT2D eigenvalue weighted by Crippen LogP contribution is -2.31. The lowest BCUT2D eigenvalue weighted by Gasteiger charge is -2.33. The number of rotatable bonds is 5. The summed E-state index contributed by atoms with van der Waals surface area (Å²) in [6.45, 7) is 5.28. The maximum absolute atomic E-state index is 6.71. The van der Waals surface area contributed by atoms with Crippen LogP contribution >= 0.6 is 11.6 Å². The summed E-state index contributed by atoms with van der Waals surface area (Å²) in [4.78, 5) is 0. The molecule has 1 atom stereocenters. The van der Waals surface area contributed by atoms with E-state index in [9.17, 15) is 0 Å². The minimum atomic E-state index is -0.401. The van der Waals surface area contributed by atoms with E-state index in [4.69, 9.17) is 16.3 Å². The maximum Gasteiger partial charge on any atom is 0.120 e. The lowest BCUT2D eigenvalue weighted by atomic mass is 9.81. The van der Waals surface area contributed by atoms with Crippen molar-refractivity contribution in [3.8, 4) is 0 Å². The Kier molecular flexibility index (Phi) is 4.50. The Labute approximate surface area is 143 Å². The molecule has 0 spiro atoms. The Morgan fingerprint density at radius 3 is 2.30 bits per heavy atom. The Morgan fingerprint density at radius 2 is 1.65 bits per heavy atom. The van der Waals surface area contributed by atoms with Crippen LogP contribution in [0.3, 0.4) is 0 Å². The molecule has 1 N–H and O–H groups in total. The van der Waals surface area contributed by atoms with Crippen LogP contribution in [-0.2, 0) is 15.9 Å². The van der Waals surface area contributed by atoms with Crippen LogP contribution in [0.2, 0.25) is 5.02 Å². The fourth-order valence-corrected chi connectivity index (χ4v) is 3.81. The smallest absolute Gasteiger partial charge is 0.120 e. The third kappa shape index (κ3) is 2.91. The first-order valence-electron chi connectivity index (χ1n) is 8.20. The standard InChI is InChI=1S/C20H24ClNO/c1-19(2)17-7-4-5-8-18(17)20(23-19,13-6-14-22-3)15-9-11-16(21)12-10-15/h4-5,7-12,22H,6,13-14H2,1-3H3/t20-/m0/s1. The molecule has 3 heteroatoms. The molecule has 0 unspecified atom stereocenters. The highest BCUT2D eigenvalue weighted by Gasteiger charge is 2.49. The van der Waals surface area contributed by atoms with Crippen molar-refractivity contribution in [1.29, 1.82) is 0 Å².